The Morgan fingerprint density at radius 3 is 3.13 bits per heavy atom. The van der Waals surface area contributed by atoms with Gasteiger partial charge in [0.05, 0.1) is 17.8 Å². The van der Waals surface area contributed by atoms with Crippen LogP contribution in [-0.2, 0) is 16.0 Å². The summed E-state index contributed by atoms with van der Waals surface area (Å²) in [4.78, 5) is 15.2. The third kappa shape index (κ3) is 4.90. The first-order chi connectivity index (χ1) is 7.22. The number of hydrogen-bond acceptors (Lipinski definition) is 5. The molecule has 0 bridgehead atoms. The van der Waals surface area contributed by atoms with E-state index in [0.29, 0.717) is 19.4 Å². The molecule has 1 heterocycles. The van der Waals surface area contributed by atoms with Crippen LogP contribution in [0.15, 0.2) is 10.9 Å². The Labute approximate surface area is 93.5 Å². The van der Waals surface area contributed by atoms with Crippen LogP contribution in [-0.4, -0.2) is 23.6 Å². The van der Waals surface area contributed by atoms with Crippen molar-refractivity contribution < 1.29 is 9.53 Å². The van der Waals surface area contributed by atoms with Crippen molar-refractivity contribution in [1.82, 2.24) is 4.98 Å². The Bertz CT molecular complexity index is 288. The number of nitrogens with zero attached hydrogens (tertiary/aromatic N) is 1. The molecule has 0 radical (unpaired) electrons. The topological polar surface area (TPSA) is 65.2 Å². The van der Waals surface area contributed by atoms with Gasteiger partial charge in [-0.05, 0) is 13.3 Å². The molecule has 5 heteroatoms. The van der Waals surface area contributed by atoms with Gasteiger partial charge in [0.1, 0.15) is 0 Å². The molecule has 1 unspecified atom stereocenters. The molecule has 15 heavy (non-hydrogen) atoms. The number of rotatable bonds is 6. The van der Waals surface area contributed by atoms with Crippen LogP contribution in [0.1, 0.15) is 25.5 Å². The van der Waals surface area contributed by atoms with E-state index in [2.05, 4.69) is 4.98 Å². The summed E-state index contributed by atoms with van der Waals surface area (Å²) in [5, 5.41) is 1.98. The highest BCUT2D eigenvalue weighted by Gasteiger charge is 2.09. The molecule has 0 fully saturated rings. The van der Waals surface area contributed by atoms with Gasteiger partial charge in [0, 0.05) is 24.3 Å². The van der Waals surface area contributed by atoms with Gasteiger partial charge >= 0.3 is 5.97 Å². The second-order valence-electron chi connectivity index (χ2n) is 3.29. The number of aromatic nitrogens is 1. The first kappa shape index (κ1) is 12.1. The molecule has 1 rings (SSSR count). The molecule has 0 aromatic carbocycles. The average Bonchev–Trinajstić information content (AvgIpc) is 2.68. The predicted octanol–water partition coefficient (Wildman–Crippen LogP) is 1.36. The van der Waals surface area contributed by atoms with E-state index in [1.54, 1.807) is 23.8 Å². The number of ether oxygens (including phenoxy) is 1. The smallest absolute Gasteiger partial charge is 0.305 e. The maximum atomic E-state index is 11.1. The van der Waals surface area contributed by atoms with Crippen LogP contribution < -0.4 is 5.73 Å². The third-order valence-corrected chi connectivity index (χ3v) is 2.61. The first-order valence-corrected chi connectivity index (χ1v) is 5.95. The van der Waals surface area contributed by atoms with Crippen LogP contribution in [0.3, 0.4) is 0 Å². The van der Waals surface area contributed by atoms with Crippen molar-refractivity contribution in [2.45, 2.75) is 32.2 Å². The van der Waals surface area contributed by atoms with Gasteiger partial charge in [-0.15, -0.1) is 11.3 Å². The van der Waals surface area contributed by atoms with Crippen LogP contribution >= 0.6 is 11.3 Å². The minimum Gasteiger partial charge on any atom is -0.466 e. The predicted molar refractivity (Wildman–Crippen MR) is 59.7 cm³/mol. The van der Waals surface area contributed by atoms with Gasteiger partial charge in [0.25, 0.3) is 0 Å². The fourth-order valence-electron chi connectivity index (χ4n) is 1.25. The summed E-state index contributed by atoms with van der Waals surface area (Å²) in [7, 11) is 0. The van der Waals surface area contributed by atoms with Crippen molar-refractivity contribution in [2.75, 3.05) is 6.61 Å². The average molecular weight is 228 g/mol. The van der Waals surface area contributed by atoms with Gasteiger partial charge < -0.3 is 10.5 Å². The highest BCUT2D eigenvalue weighted by Crippen LogP contribution is 2.07. The molecule has 0 aliphatic carbocycles. The minimum atomic E-state index is -0.175. The Hall–Kier alpha value is -0.940. The van der Waals surface area contributed by atoms with Gasteiger partial charge in [0.15, 0.2) is 0 Å². The lowest BCUT2D eigenvalue weighted by molar-refractivity contribution is -0.143. The zero-order valence-corrected chi connectivity index (χ0v) is 9.63. The fourth-order valence-corrected chi connectivity index (χ4v) is 1.82. The quantitative estimate of drug-likeness (QED) is 0.746. The Morgan fingerprint density at radius 2 is 2.53 bits per heavy atom. The molecule has 0 saturated heterocycles. The molecule has 0 aliphatic heterocycles. The number of carbonyl (C=O) groups excluding carboxylic acids is 1. The fraction of sp³-hybridized carbons (Fsp3) is 0.600. The van der Waals surface area contributed by atoms with Gasteiger partial charge in [-0.3, -0.25) is 4.79 Å². The van der Waals surface area contributed by atoms with E-state index in [-0.39, 0.29) is 12.0 Å². The van der Waals surface area contributed by atoms with Crippen molar-refractivity contribution in [1.29, 1.82) is 0 Å². The second kappa shape index (κ2) is 6.53. The van der Waals surface area contributed by atoms with Crippen molar-refractivity contribution in [3.8, 4) is 0 Å². The van der Waals surface area contributed by atoms with E-state index in [1.807, 2.05) is 5.38 Å². The zero-order valence-electron chi connectivity index (χ0n) is 8.81. The monoisotopic (exact) mass is 228 g/mol. The summed E-state index contributed by atoms with van der Waals surface area (Å²) in [6, 6.07) is -0.0171. The Kier molecular flexibility index (Phi) is 5.28. The van der Waals surface area contributed by atoms with Crippen molar-refractivity contribution >= 4 is 17.3 Å². The molecule has 0 spiro atoms. The van der Waals surface area contributed by atoms with Crippen LogP contribution in [0, 0.1) is 0 Å². The van der Waals surface area contributed by atoms with Crippen LogP contribution in [0.4, 0.5) is 0 Å². The molecule has 2 N–H and O–H groups in total. The standard InChI is InChI=1S/C10H16N2O2S/c1-2-14-10(13)4-3-8(11)5-9-6-15-7-12-9/h6-8H,2-5,11H2,1H3. The molecule has 1 aromatic heterocycles. The van der Waals surface area contributed by atoms with E-state index in [0.717, 1.165) is 12.1 Å². The van der Waals surface area contributed by atoms with E-state index in [9.17, 15) is 4.79 Å². The largest absolute Gasteiger partial charge is 0.466 e. The highest BCUT2D eigenvalue weighted by atomic mass is 32.1. The summed E-state index contributed by atoms with van der Waals surface area (Å²) >= 11 is 1.56. The van der Waals surface area contributed by atoms with Crippen LogP contribution in [0.5, 0.6) is 0 Å². The molecular weight excluding hydrogens is 212 g/mol. The van der Waals surface area contributed by atoms with Gasteiger partial charge in [-0.2, -0.15) is 0 Å². The molecule has 1 aromatic rings. The molecular formula is C10H16N2O2S. The van der Waals surface area contributed by atoms with E-state index >= 15 is 0 Å². The maximum Gasteiger partial charge on any atom is 0.305 e. The zero-order chi connectivity index (χ0) is 11.1. The molecule has 0 aliphatic rings. The van der Waals surface area contributed by atoms with Crippen LogP contribution in [0.2, 0.25) is 0 Å². The SMILES string of the molecule is CCOC(=O)CCC(N)Cc1cscn1. The lowest BCUT2D eigenvalue weighted by atomic mass is 10.1. The van der Waals surface area contributed by atoms with Crippen molar-refractivity contribution in [3.63, 3.8) is 0 Å². The van der Waals surface area contributed by atoms with Gasteiger partial charge in [-0.1, -0.05) is 0 Å². The summed E-state index contributed by atoms with van der Waals surface area (Å²) in [6.07, 6.45) is 1.76. The number of carbonyl (C=O) groups is 1. The van der Waals surface area contributed by atoms with Gasteiger partial charge in [0.2, 0.25) is 0 Å². The lowest BCUT2D eigenvalue weighted by Gasteiger charge is -2.08. The molecule has 1 atom stereocenters. The summed E-state index contributed by atoms with van der Waals surface area (Å²) in [5.74, 6) is -0.175. The normalized spacial score (nSPS) is 12.4. The van der Waals surface area contributed by atoms with E-state index in [1.165, 1.54) is 0 Å². The molecule has 0 saturated carbocycles. The first-order valence-electron chi connectivity index (χ1n) is 5.00. The van der Waals surface area contributed by atoms with E-state index < -0.39 is 0 Å². The number of esters is 1. The summed E-state index contributed by atoms with van der Waals surface area (Å²) < 4.78 is 4.82. The Balaban J connectivity index is 2.19. The minimum absolute atomic E-state index is 0.0171. The van der Waals surface area contributed by atoms with Crippen LogP contribution in [0.25, 0.3) is 0 Å². The van der Waals surface area contributed by atoms with Crippen molar-refractivity contribution in [2.24, 2.45) is 5.73 Å². The van der Waals surface area contributed by atoms with E-state index in [4.69, 9.17) is 10.5 Å². The Morgan fingerprint density at radius 1 is 1.73 bits per heavy atom. The molecule has 0 amide bonds. The molecule has 84 valence electrons. The lowest BCUT2D eigenvalue weighted by Crippen LogP contribution is -2.24. The number of thiazole rings is 1. The summed E-state index contributed by atoms with van der Waals surface area (Å²) in [6.45, 7) is 2.23. The van der Waals surface area contributed by atoms with Crippen molar-refractivity contribution in [3.05, 3.63) is 16.6 Å². The molecule has 4 nitrogen and oxygen atoms in total. The third-order valence-electron chi connectivity index (χ3n) is 1.98. The maximum absolute atomic E-state index is 11.1. The summed E-state index contributed by atoms with van der Waals surface area (Å²) in [5.41, 5.74) is 8.65. The number of nitrogens with two attached hydrogens (primary N) is 1. The highest BCUT2D eigenvalue weighted by molar-refractivity contribution is 7.07. The second-order valence-corrected chi connectivity index (χ2v) is 4.01. The van der Waals surface area contributed by atoms with Gasteiger partial charge in [-0.25, -0.2) is 4.98 Å². The number of hydrogen-bond donors (Lipinski definition) is 1.